The number of hydrogen-bond acceptors (Lipinski definition) is 8. The van der Waals surface area contributed by atoms with Crippen LogP contribution in [0.5, 0.6) is 34.5 Å². The van der Waals surface area contributed by atoms with Crippen molar-refractivity contribution in [3.05, 3.63) is 173 Å². The summed E-state index contributed by atoms with van der Waals surface area (Å²) in [7, 11) is 0. The minimum Gasteiger partial charge on any atom is -0.508 e. The third-order valence-corrected chi connectivity index (χ3v) is 22.8. The van der Waals surface area contributed by atoms with Crippen molar-refractivity contribution in [1.82, 2.24) is 0 Å². The van der Waals surface area contributed by atoms with Crippen molar-refractivity contribution < 1.29 is 49.7 Å². The summed E-state index contributed by atoms with van der Waals surface area (Å²) >= 11 is 0. The van der Waals surface area contributed by atoms with E-state index < -0.39 is 42.4 Å². The molecule has 5 aliphatic rings. The van der Waals surface area contributed by atoms with Crippen molar-refractivity contribution in [3.8, 4) is 34.5 Å². The second kappa shape index (κ2) is 28.5. The van der Waals surface area contributed by atoms with Gasteiger partial charge in [0.25, 0.3) is 0 Å². The maximum Gasteiger partial charge on any atom is 0.341 e. The smallest absolute Gasteiger partial charge is 0.341 e. The Bertz CT molecular complexity index is 3230. The van der Waals surface area contributed by atoms with Crippen LogP contribution in [0.15, 0.2) is 72.8 Å². The minimum atomic E-state index is -1.08. The number of aliphatic carboxylic acids is 2. The summed E-state index contributed by atoms with van der Waals surface area (Å²) in [6, 6.07) is 25.9. The summed E-state index contributed by atoms with van der Waals surface area (Å²) in [5, 5.41) is 69.0. The molecule has 0 bridgehead atoms. The average molecular weight is 1240 g/mol. The predicted molar refractivity (Wildman–Crippen MR) is 363 cm³/mol. The van der Waals surface area contributed by atoms with Crippen LogP contribution in [0.25, 0.3) is 0 Å². The Morgan fingerprint density at radius 3 is 0.945 bits per heavy atom. The summed E-state index contributed by atoms with van der Waals surface area (Å²) < 4.78 is 13.4. The lowest BCUT2D eigenvalue weighted by Crippen LogP contribution is -2.34. The van der Waals surface area contributed by atoms with E-state index in [9.17, 15) is 40.2 Å². The van der Waals surface area contributed by atoms with E-state index >= 15 is 0 Å². The van der Waals surface area contributed by atoms with Crippen LogP contribution in [-0.4, -0.2) is 55.8 Å². The molecule has 6 aromatic carbocycles. The molecule has 5 fully saturated rings. The van der Waals surface area contributed by atoms with E-state index in [4.69, 9.17) is 9.47 Å². The first-order valence-electron chi connectivity index (χ1n) is 35.2. The van der Waals surface area contributed by atoms with Crippen molar-refractivity contribution in [2.24, 2.45) is 5.92 Å². The Balaban J connectivity index is 1.21. The quantitative estimate of drug-likeness (QED) is 0.0404. The number of aromatic hydroxyl groups is 4. The molecule has 5 aliphatic carbocycles. The largest absolute Gasteiger partial charge is 0.508 e. The van der Waals surface area contributed by atoms with Gasteiger partial charge in [0, 0.05) is 28.4 Å². The minimum absolute atomic E-state index is 0.182. The molecule has 0 aromatic heterocycles. The van der Waals surface area contributed by atoms with Gasteiger partial charge < -0.3 is 40.1 Å². The Hall–Kier alpha value is -6.94. The van der Waals surface area contributed by atoms with Crippen LogP contribution in [0, 0.1) is 47.5 Å². The number of hydrogen-bond donors (Lipinski definition) is 6. The van der Waals surface area contributed by atoms with Gasteiger partial charge in [-0.1, -0.05) is 145 Å². The van der Waals surface area contributed by atoms with E-state index in [2.05, 4.69) is 97.0 Å². The predicted octanol–water partition coefficient (Wildman–Crippen LogP) is 20.1. The van der Waals surface area contributed by atoms with Crippen LogP contribution < -0.4 is 9.47 Å². The van der Waals surface area contributed by atoms with E-state index in [-0.39, 0.29) is 23.7 Å². The first kappa shape index (κ1) is 65.5. The van der Waals surface area contributed by atoms with Crippen molar-refractivity contribution in [2.45, 2.75) is 256 Å². The first-order chi connectivity index (χ1) is 43.8. The summed E-state index contributed by atoms with van der Waals surface area (Å²) in [5.74, 6) is 0.259. The summed E-state index contributed by atoms with van der Waals surface area (Å²) in [4.78, 5) is 25.6. The van der Waals surface area contributed by atoms with Crippen LogP contribution in [0.4, 0.5) is 0 Å². The van der Waals surface area contributed by atoms with Crippen molar-refractivity contribution in [1.29, 1.82) is 0 Å². The second-order valence-electron chi connectivity index (χ2n) is 28.9. The third kappa shape index (κ3) is 13.9. The number of phenols is 4. The lowest BCUT2D eigenvalue weighted by Gasteiger charge is -2.43. The molecule has 11 rings (SSSR count). The van der Waals surface area contributed by atoms with Crippen molar-refractivity contribution >= 4 is 11.9 Å². The fourth-order valence-electron chi connectivity index (χ4n) is 18.0. The molecule has 6 N–H and O–H groups in total. The number of rotatable bonds is 20. The molecule has 0 heterocycles. The maximum absolute atomic E-state index is 12.8. The van der Waals surface area contributed by atoms with Gasteiger partial charge >= 0.3 is 11.9 Å². The monoisotopic (exact) mass is 1230 g/mol. The van der Waals surface area contributed by atoms with Gasteiger partial charge in [-0.25, -0.2) is 9.59 Å². The second-order valence-corrected chi connectivity index (χ2v) is 28.9. The van der Waals surface area contributed by atoms with Crippen molar-refractivity contribution in [3.63, 3.8) is 0 Å². The van der Waals surface area contributed by atoms with Crippen molar-refractivity contribution in [2.75, 3.05) is 13.2 Å². The molecule has 0 saturated heterocycles. The molecule has 486 valence electrons. The topological polar surface area (TPSA) is 174 Å². The zero-order chi connectivity index (χ0) is 64.3. The molecular weight excluding hydrogens is 1130 g/mol. The van der Waals surface area contributed by atoms with Crippen LogP contribution in [-0.2, 0) is 15.0 Å². The fraction of sp³-hybridized carbons (Fsp3) is 0.531. The number of carbonyl (C=O) groups is 2. The van der Waals surface area contributed by atoms with Crippen LogP contribution in [0.3, 0.4) is 0 Å². The molecule has 5 saturated carbocycles. The molecule has 10 nitrogen and oxygen atoms in total. The standard InChI is InChI=1S/C81H102O10/c1-8-21-54-30-32-81(33-31-54,59-34-52(6)79(90-46-75(86)87)69(40-59)77(61-42-65(71(82)36-48(61)2)55-22-13-9-14-23-55)62-43-66(72(83)37-49(62)3)56-24-15-10-16-25-56)60-35-53(7)80(91-47-76(88)89)70(41-60)78(63-44-67(73(84)38-50(63)4)57-26-17-11-18-27-57)64-45-68(74(85)39-51(64)5)58-28-19-12-20-29-58/h34-45,54-58,77-78,82-85H,8-33,46-47H2,1-7H3,(H,86,87)(H,88,89). The van der Waals surface area contributed by atoms with E-state index in [0.717, 1.165) is 241 Å². The zero-order valence-corrected chi connectivity index (χ0v) is 55.6. The van der Waals surface area contributed by atoms with Gasteiger partial charge in [-0.3, -0.25) is 0 Å². The lowest BCUT2D eigenvalue weighted by atomic mass is 9.61. The maximum atomic E-state index is 12.8. The molecule has 0 atom stereocenters. The van der Waals surface area contributed by atoms with Crippen LogP contribution in [0.1, 0.15) is 310 Å². The summed E-state index contributed by atoms with van der Waals surface area (Å²) in [6.07, 6.45) is 27.0. The van der Waals surface area contributed by atoms with E-state index in [1.54, 1.807) is 0 Å². The highest BCUT2D eigenvalue weighted by Crippen LogP contribution is 2.56. The highest BCUT2D eigenvalue weighted by Gasteiger charge is 2.43. The van der Waals surface area contributed by atoms with Gasteiger partial charge in [0.1, 0.15) is 34.5 Å². The highest BCUT2D eigenvalue weighted by atomic mass is 16.5. The lowest BCUT2D eigenvalue weighted by molar-refractivity contribution is -0.140. The number of phenolic OH excluding ortho intramolecular Hbond substituents is 4. The van der Waals surface area contributed by atoms with Gasteiger partial charge in [0.15, 0.2) is 13.2 Å². The Labute approximate surface area is 541 Å². The number of carboxylic acid groups (broad SMARTS) is 2. The SMILES string of the molecule is CCCC1CCC(c2cc(C)c(OCC(=O)O)c(C(c3cc(C4CCCCC4)c(O)cc3C)c3cc(C4CCCCC4)c(O)cc3C)c2)(c2cc(C)c(OCC(=O)O)c(C(c3cc(C4CCCCC4)c(O)cc3C)c3cc(C4CCCCC4)c(O)cc3C)c2)CC1. The molecule has 0 spiro atoms. The van der Waals surface area contributed by atoms with Gasteiger partial charge in [-0.05, 0) is 261 Å². The highest BCUT2D eigenvalue weighted by molar-refractivity contribution is 5.71. The van der Waals surface area contributed by atoms with Gasteiger partial charge in [-0.15, -0.1) is 0 Å². The molecule has 91 heavy (non-hydrogen) atoms. The van der Waals surface area contributed by atoms with Gasteiger partial charge in [-0.2, -0.15) is 0 Å². The van der Waals surface area contributed by atoms with E-state index in [0.29, 0.717) is 40.4 Å². The Kier molecular flexibility index (Phi) is 20.5. The number of carboxylic acids is 2. The number of aryl methyl sites for hydroxylation is 6. The molecular formula is C81H102O10. The Morgan fingerprint density at radius 1 is 0.396 bits per heavy atom. The first-order valence-corrected chi connectivity index (χ1v) is 35.2. The molecule has 10 heteroatoms. The molecule has 0 aliphatic heterocycles. The fourth-order valence-corrected chi connectivity index (χ4v) is 18.0. The zero-order valence-electron chi connectivity index (χ0n) is 55.6. The number of ether oxygens (including phenoxy) is 2. The summed E-state index contributed by atoms with van der Waals surface area (Å²) in [6.45, 7) is 13.6. The third-order valence-electron chi connectivity index (χ3n) is 22.8. The molecule has 0 amide bonds. The van der Waals surface area contributed by atoms with E-state index in [1.807, 2.05) is 24.3 Å². The molecule has 0 radical (unpaired) electrons. The van der Waals surface area contributed by atoms with E-state index in [1.165, 1.54) is 25.7 Å². The number of benzene rings is 6. The summed E-state index contributed by atoms with van der Waals surface area (Å²) in [5.41, 5.74) is 16.2. The average Bonchev–Trinajstić information content (AvgIpc) is 0.751. The normalized spacial score (nSPS) is 18.3. The molecule has 0 unspecified atom stereocenters. The van der Waals surface area contributed by atoms with Gasteiger partial charge in [0.05, 0.1) is 0 Å². The van der Waals surface area contributed by atoms with Gasteiger partial charge in [0.2, 0.25) is 0 Å². The van der Waals surface area contributed by atoms with Crippen LogP contribution >= 0.6 is 0 Å². The Morgan fingerprint density at radius 2 is 0.681 bits per heavy atom. The molecule has 6 aromatic rings. The van der Waals surface area contributed by atoms with Crippen LogP contribution in [0.2, 0.25) is 0 Å².